The summed E-state index contributed by atoms with van der Waals surface area (Å²) in [6, 6.07) is 0.399. The molecule has 0 radical (unpaired) electrons. The van der Waals surface area contributed by atoms with Gasteiger partial charge in [0.1, 0.15) is 0 Å². The molecule has 0 saturated heterocycles. The first-order chi connectivity index (χ1) is 8.12. The van der Waals surface area contributed by atoms with E-state index in [-0.39, 0.29) is 5.41 Å². The summed E-state index contributed by atoms with van der Waals surface area (Å²) in [7, 11) is 2.07. The second-order valence-corrected chi connectivity index (χ2v) is 6.63. The van der Waals surface area contributed by atoms with Crippen molar-refractivity contribution in [3.8, 4) is 0 Å². The molecule has 1 heteroatoms. The Bertz CT molecular complexity index is 421. The highest BCUT2D eigenvalue weighted by Gasteiger charge is 2.28. The van der Waals surface area contributed by atoms with E-state index < -0.39 is 0 Å². The van der Waals surface area contributed by atoms with Gasteiger partial charge in [0, 0.05) is 6.04 Å². The highest BCUT2D eigenvalue weighted by atomic mass is 14.9. The highest BCUT2D eigenvalue weighted by molar-refractivity contribution is 5.51. The summed E-state index contributed by atoms with van der Waals surface area (Å²) >= 11 is 0. The quantitative estimate of drug-likeness (QED) is 0.809. The Morgan fingerprint density at radius 3 is 1.33 bits per heavy atom. The molecule has 102 valence electrons. The fourth-order valence-corrected chi connectivity index (χ4v) is 2.97. The molecule has 0 fully saturated rings. The molecule has 1 unspecified atom stereocenters. The van der Waals surface area contributed by atoms with Crippen molar-refractivity contribution in [2.45, 2.75) is 61.4 Å². The summed E-state index contributed by atoms with van der Waals surface area (Å²) in [5.74, 6) is 0. The zero-order chi connectivity index (χ0) is 14.2. The molecule has 1 rings (SSSR count). The molecule has 1 N–H and O–H groups in total. The van der Waals surface area contributed by atoms with Crippen molar-refractivity contribution in [1.29, 1.82) is 0 Å². The van der Waals surface area contributed by atoms with Crippen LogP contribution in [0, 0.1) is 40.0 Å². The third kappa shape index (κ3) is 2.47. The van der Waals surface area contributed by atoms with E-state index in [0.717, 1.165) is 0 Å². The largest absolute Gasteiger partial charge is 0.313 e. The fraction of sp³-hybridized carbons (Fsp3) is 0.647. The van der Waals surface area contributed by atoms with Gasteiger partial charge in [0.25, 0.3) is 0 Å². The van der Waals surface area contributed by atoms with Crippen molar-refractivity contribution in [2.75, 3.05) is 7.05 Å². The van der Waals surface area contributed by atoms with E-state index in [0.29, 0.717) is 6.04 Å². The lowest BCUT2D eigenvalue weighted by Gasteiger charge is -2.34. The van der Waals surface area contributed by atoms with Gasteiger partial charge >= 0.3 is 0 Å². The number of benzene rings is 1. The van der Waals surface area contributed by atoms with Gasteiger partial charge in [-0.25, -0.2) is 0 Å². The molecule has 0 aliphatic carbocycles. The van der Waals surface area contributed by atoms with Gasteiger partial charge in [-0.3, -0.25) is 0 Å². The lowest BCUT2D eigenvalue weighted by Crippen LogP contribution is -2.31. The van der Waals surface area contributed by atoms with Crippen molar-refractivity contribution >= 4 is 0 Å². The fourth-order valence-electron chi connectivity index (χ4n) is 2.97. The molecule has 1 nitrogen and oxygen atoms in total. The van der Waals surface area contributed by atoms with Crippen molar-refractivity contribution in [1.82, 2.24) is 5.32 Å². The predicted molar refractivity (Wildman–Crippen MR) is 81.4 cm³/mol. The maximum atomic E-state index is 3.51. The predicted octanol–water partition coefficient (Wildman–Crippen LogP) is 4.54. The van der Waals surface area contributed by atoms with E-state index >= 15 is 0 Å². The van der Waals surface area contributed by atoms with Crippen LogP contribution in [-0.4, -0.2) is 7.05 Å². The van der Waals surface area contributed by atoms with E-state index in [1.807, 2.05) is 0 Å². The maximum Gasteiger partial charge on any atom is 0.0372 e. The number of nitrogens with one attached hydrogen (secondary N) is 1. The smallest absolute Gasteiger partial charge is 0.0372 e. The molecule has 0 saturated carbocycles. The second-order valence-electron chi connectivity index (χ2n) is 6.63. The third-order valence-electron chi connectivity index (χ3n) is 4.50. The van der Waals surface area contributed by atoms with Crippen LogP contribution in [0.2, 0.25) is 0 Å². The molecule has 18 heavy (non-hydrogen) atoms. The molecular formula is C17H29N. The summed E-state index contributed by atoms with van der Waals surface area (Å²) in [6.07, 6.45) is 0. The first-order valence-electron chi connectivity index (χ1n) is 6.87. The highest BCUT2D eigenvalue weighted by Crippen LogP contribution is 2.38. The van der Waals surface area contributed by atoms with Crippen LogP contribution in [0.3, 0.4) is 0 Å². The normalized spacial score (nSPS) is 13.8. The first kappa shape index (κ1) is 15.2. The Balaban J connectivity index is 3.59. The zero-order valence-corrected chi connectivity index (χ0v) is 13.6. The molecular weight excluding hydrogens is 218 g/mol. The molecule has 0 bridgehead atoms. The van der Waals surface area contributed by atoms with Crippen molar-refractivity contribution < 1.29 is 0 Å². The van der Waals surface area contributed by atoms with E-state index in [2.05, 4.69) is 67.8 Å². The maximum absolute atomic E-state index is 3.51. The molecule has 1 aromatic rings. The minimum absolute atomic E-state index is 0.221. The van der Waals surface area contributed by atoms with E-state index in [1.54, 1.807) is 0 Å². The van der Waals surface area contributed by atoms with Gasteiger partial charge < -0.3 is 5.32 Å². The average molecular weight is 247 g/mol. The van der Waals surface area contributed by atoms with Gasteiger partial charge in [-0.15, -0.1) is 0 Å². The number of hydrogen-bond donors (Lipinski definition) is 1. The van der Waals surface area contributed by atoms with Gasteiger partial charge in [-0.1, -0.05) is 20.8 Å². The van der Waals surface area contributed by atoms with Crippen LogP contribution in [0.25, 0.3) is 0 Å². The van der Waals surface area contributed by atoms with Crippen molar-refractivity contribution in [2.24, 2.45) is 5.41 Å². The van der Waals surface area contributed by atoms with Crippen LogP contribution >= 0.6 is 0 Å². The lowest BCUT2D eigenvalue weighted by atomic mass is 9.76. The SMILES string of the molecule is CNC(c1c(C)c(C)c(C)c(C)c1C)C(C)(C)C. The van der Waals surface area contributed by atoms with Gasteiger partial charge in [-0.2, -0.15) is 0 Å². The van der Waals surface area contributed by atoms with Gasteiger partial charge in [0.15, 0.2) is 0 Å². The number of rotatable bonds is 2. The van der Waals surface area contributed by atoms with Crippen LogP contribution in [0.5, 0.6) is 0 Å². The molecule has 0 spiro atoms. The van der Waals surface area contributed by atoms with Gasteiger partial charge in [0.05, 0.1) is 0 Å². The lowest BCUT2D eigenvalue weighted by molar-refractivity contribution is 0.285. The van der Waals surface area contributed by atoms with Crippen LogP contribution in [0.1, 0.15) is 60.2 Å². The molecule has 0 aromatic heterocycles. The molecule has 0 heterocycles. The standard InChI is InChI=1S/C17H29N/c1-10-11(2)13(4)15(14(5)12(10)3)16(18-9)17(6,7)8/h16,18H,1-9H3. The molecule has 0 aliphatic heterocycles. The van der Waals surface area contributed by atoms with E-state index in [1.165, 1.54) is 33.4 Å². The van der Waals surface area contributed by atoms with E-state index in [9.17, 15) is 0 Å². The van der Waals surface area contributed by atoms with Gasteiger partial charge in [-0.05, 0) is 80.5 Å². The first-order valence-corrected chi connectivity index (χ1v) is 6.87. The van der Waals surface area contributed by atoms with Crippen molar-refractivity contribution in [3.63, 3.8) is 0 Å². The Kier molecular flexibility index (Phi) is 4.27. The third-order valence-corrected chi connectivity index (χ3v) is 4.50. The molecule has 1 aromatic carbocycles. The number of hydrogen-bond acceptors (Lipinski definition) is 1. The zero-order valence-electron chi connectivity index (χ0n) is 13.6. The summed E-state index contributed by atoms with van der Waals surface area (Å²) in [4.78, 5) is 0. The van der Waals surface area contributed by atoms with Gasteiger partial charge in [0.2, 0.25) is 0 Å². The summed E-state index contributed by atoms with van der Waals surface area (Å²) in [5, 5.41) is 3.51. The molecule has 1 atom stereocenters. The van der Waals surface area contributed by atoms with Crippen LogP contribution in [0.15, 0.2) is 0 Å². The Labute approximate surface area is 113 Å². The monoisotopic (exact) mass is 247 g/mol. The Morgan fingerprint density at radius 2 is 1.06 bits per heavy atom. The average Bonchev–Trinajstić information content (AvgIpc) is 2.27. The van der Waals surface area contributed by atoms with Crippen LogP contribution in [0.4, 0.5) is 0 Å². The minimum atomic E-state index is 0.221. The minimum Gasteiger partial charge on any atom is -0.313 e. The Hall–Kier alpha value is -0.820. The summed E-state index contributed by atoms with van der Waals surface area (Å²) in [5.41, 5.74) is 8.94. The molecule has 0 amide bonds. The van der Waals surface area contributed by atoms with Crippen molar-refractivity contribution in [3.05, 3.63) is 33.4 Å². The summed E-state index contributed by atoms with van der Waals surface area (Å²) < 4.78 is 0. The molecule has 0 aliphatic rings. The van der Waals surface area contributed by atoms with Crippen LogP contribution < -0.4 is 5.32 Å². The van der Waals surface area contributed by atoms with E-state index in [4.69, 9.17) is 0 Å². The Morgan fingerprint density at radius 1 is 0.722 bits per heavy atom. The second kappa shape index (κ2) is 5.05. The topological polar surface area (TPSA) is 12.0 Å². The van der Waals surface area contributed by atoms with Crippen LogP contribution in [-0.2, 0) is 0 Å². The summed E-state index contributed by atoms with van der Waals surface area (Å²) in [6.45, 7) is 18.2.